The molecule has 1 aliphatic rings. The highest BCUT2D eigenvalue weighted by atomic mass is 16.5. The minimum Gasteiger partial charge on any atom is -0.379 e. The maximum absolute atomic E-state index is 12.2. The number of nitrogens with zero attached hydrogens (tertiary/aromatic N) is 1. The summed E-state index contributed by atoms with van der Waals surface area (Å²) in [5.74, 6) is -0.0494. The fraction of sp³-hybridized carbons (Fsp3) is 0.462. The number of hydrogen-bond donors (Lipinski definition) is 1. The molecule has 1 aliphatic heterocycles. The molecule has 4 heteroatoms. The first-order chi connectivity index (χ1) is 8.20. The van der Waals surface area contributed by atoms with E-state index in [1.54, 1.807) is 11.9 Å². The van der Waals surface area contributed by atoms with Crippen LogP contribution in [0.15, 0.2) is 30.3 Å². The smallest absolute Gasteiger partial charge is 0.244 e. The van der Waals surface area contributed by atoms with Crippen molar-refractivity contribution in [3.05, 3.63) is 35.9 Å². The van der Waals surface area contributed by atoms with Gasteiger partial charge in [0, 0.05) is 13.7 Å². The summed E-state index contributed by atoms with van der Waals surface area (Å²) in [6, 6.07) is 9.03. The van der Waals surface area contributed by atoms with Crippen molar-refractivity contribution < 1.29 is 9.53 Å². The zero-order valence-corrected chi connectivity index (χ0v) is 10.0. The molecule has 2 N–H and O–H groups in total. The number of hydrogen-bond acceptors (Lipinski definition) is 3. The van der Waals surface area contributed by atoms with Crippen molar-refractivity contribution in [3.63, 3.8) is 0 Å². The molecule has 1 aromatic rings. The van der Waals surface area contributed by atoms with Gasteiger partial charge in [-0.25, -0.2) is 0 Å². The first kappa shape index (κ1) is 12.1. The summed E-state index contributed by atoms with van der Waals surface area (Å²) >= 11 is 0. The highest BCUT2D eigenvalue weighted by Gasteiger charge is 2.27. The molecule has 0 saturated carbocycles. The summed E-state index contributed by atoms with van der Waals surface area (Å²) in [7, 11) is 1.80. The van der Waals surface area contributed by atoms with Gasteiger partial charge in [-0.1, -0.05) is 30.3 Å². The predicted octanol–water partition coefficient (Wildman–Crippen LogP) is 0.934. The highest BCUT2D eigenvalue weighted by molar-refractivity contribution is 5.83. The second kappa shape index (κ2) is 5.29. The normalized spacial score (nSPS) is 21.2. The van der Waals surface area contributed by atoms with Gasteiger partial charge in [0.1, 0.15) is 6.04 Å². The maximum Gasteiger partial charge on any atom is 0.244 e. The Hall–Kier alpha value is -1.39. The van der Waals surface area contributed by atoms with E-state index < -0.39 is 6.04 Å². The number of rotatable bonds is 3. The summed E-state index contributed by atoms with van der Waals surface area (Å²) in [5.41, 5.74) is 6.83. The number of benzene rings is 1. The zero-order chi connectivity index (χ0) is 12.3. The fourth-order valence-electron chi connectivity index (χ4n) is 2.03. The second-order valence-corrected chi connectivity index (χ2v) is 4.35. The fourth-order valence-corrected chi connectivity index (χ4v) is 2.03. The SMILES string of the molecule is CN(C(=O)[C@@H](N)c1ccccc1)C1CCOC1. The maximum atomic E-state index is 12.2. The Kier molecular flexibility index (Phi) is 3.76. The third-order valence-corrected chi connectivity index (χ3v) is 3.23. The van der Waals surface area contributed by atoms with Crippen LogP contribution >= 0.6 is 0 Å². The van der Waals surface area contributed by atoms with Crippen molar-refractivity contribution in [1.29, 1.82) is 0 Å². The minimum absolute atomic E-state index is 0.0494. The molecule has 0 aliphatic carbocycles. The van der Waals surface area contributed by atoms with Crippen LogP contribution < -0.4 is 5.73 Å². The van der Waals surface area contributed by atoms with Crippen molar-refractivity contribution in [2.45, 2.75) is 18.5 Å². The van der Waals surface area contributed by atoms with E-state index >= 15 is 0 Å². The topological polar surface area (TPSA) is 55.6 Å². The molecular formula is C13H18N2O2. The largest absolute Gasteiger partial charge is 0.379 e. The molecule has 92 valence electrons. The Morgan fingerprint density at radius 2 is 2.18 bits per heavy atom. The molecular weight excluding hydrogens is 216 g/mol. The Morgan fingerprint density at radius 1 is 1.47 bits per heavy atom. The summed E-state index contributed by atoms with van der Waals surface area (Å²) < 4.78 is 5.28. The van der Waals surface area contributed by atoms with Crippen LogP contribution in [0, 0.1) is 0 Å². The van der Waals surface area contributed by atoms with Crippen LogP contribution in [0.3, 0.4) is 0 Å². The van der Waals surface area contributed by atoms with Gasteiger partial charge in [-0.3, -0.25) is 4.79 Å². The molecule has 4 nitrogen and oxygen atoms in total. The van der Waals surface area contributed by atoms with Crippen LogP contribution in [0.2, 0.25) is 0 Å². The monoisotopic (exact) mass is 234 g/mol. The van der Waals surface area contributed by atoms with E-state index in [2.05, 4.69) is 0 Å². The van der Waals surface area contributed by atoms with E-state index in [1.165, 1.54) is 0 Å². The molecule has 2 rings (SSSR count). The van der Waals surface area contributed by atoms with Crippen molar-refractivity contribution >= 4 is 5.91 Å². The molecule has 1 fully saturated rings. The first-order valence-corrected chi connectivity index (χ1v) is 5.85. The minimum atomic E-state index is -0.582. The molecule has 0 aromatic heterocycles. The van der Waals surface area contributed by atoms with Crippen molar-refractivity contribution in [1.82, 2.24) is 4.90 Å². The quantitative estimate of drug-likeness (QED) is 0.846. The molecule has 1 heterocycles. The predicted molar refractivity (Wildman–Crippen MR) is 65.4 cm³/mol. The van der Waals surface area contributed by atoms with E-state index in [9.17, 15) is 4.79 Å². The zero-order valence-electron chi connectivity index (χ0n) is 10.0. The number of likely N-dealkylation sites (N-methyl/N-ethyl adjacent to an activating group) is 1. The van der Waals surface area contributed by atoms with Gasteiger partial charge >= 0.3 is 0 Å². The standard InChI is InChI=1S/C13H18N2O2/c1-15(11-7-8-17-9-11)13(16)12(14)10-5-3-2-4-6-10/h2-6,11-12H,7-9,14H2,1H3/t11?,12-/m0/s1. The first-order valence-electron chi connectivity index (χ1n) is 5.85. The van der Waals surface area contributed by atoms with E-state index in [1.807, 2.05) is 30.3 Å². The summed E-state index contributed by atoms with van der Waals surface area (Å²) in [6.07, 6.45) is 0.893. The van der Waals surface area contributed by atoms with Crippen molar-refractivity contribution in [3.8, 4) is 0 Å². The molecule has 1 amide bonds. The van der Waals surface area contributed by atoms with Gasteiger partial charge in [0.15, 0.2) is 0 Å². The Balaban J connectivity index is 2.04. The molecule has 17 heavy (non-hydrogen) atoms. The van der Waals surface area contributed by atoms with Crippen molar-refractivity contribution in [2.75, 3.05) is 20.3 Å². The summed E-state index contributed by atoms with van der Waals surface area (Å²) in [6.45, 7) is 1.34. The van der Waals surface area contributed by atoms with Crippen molar-refractivity contribution in [2.24, 2.45) is 5.73 Å². The molecule has 1 unspecified atom stereocenters. The average molecular weight is 234 g/mol. The third kappa shape index (κ3) is 2.65. The second-order valence-electron chi connectivity index (χ2n) is 4.35. The molecule has 1 saturated heterocycles. The van der Waals surface area contributed by atoms with Crippen LogP contribution in [0.5, 0.6) is 0 Å². The molecule has 1 aromatic carbocycles. The molecule has 2 atom stereocenters. The lowest BCUT2D eigenvalue weighted by Gasteiger charge is -2.26. The molecule has 0 radical (unpaired) electrons. The molecule has 0 bridgehead atoms. The lowest BCUT2D eigenvalue weighted by atomic mass is 10.1. The van der Waals surface area contributed by atoms with Crippen LogP contribution in [0.25, 0.3) is 0 Å². The number of amides is 1. The number of carbonyl (C=O) groups excluding carboxylic acids is 1. The number of ether oxygens (including phenoxy) is 1. The van der Waals surface area contributed by atoms with Gasteiger partial charge < -0.3 is 15.4 Å². The lowest BCUT2D eigenvalue weighted by molar-refractivity contribution is -0.133. The van der Waals surface area contributed by atoms with Gasteiger partial charge in [0.25, 0.3) is 0 Å². The third-order valence-electron chi connectivity index (χ3n) is 3.23. The van der Waals surface area contributed by atoms with Crippen LogP contribution in [-0.4, -0.2) is 37.1 Å². The Labute approximate surface area is 101 Å². The molecule has 0 spiro atoms. The number of nitrogens with two attached hydrogens (primary N) is 1. The van der Waals surface area contributed by atoms with Gasteiger partial charge in [0.05, 0.1) is 12.6 Å². The lowest BCUT2D eigenvalue weighted by Crippen LogP contribution is -2.42. The average Bonchev–Trinajstić information content (AvgIpc) is 2.91. The van der Waals surface area contributed by atoms with E-state index in [-0.39, 0.29) is 11.9 Å². The van der Waals surface area contributed by atoms with Crippen LogP contribution in [0.1, 0.15) is 18.0 Å². The van der Waals surface area contributed by atoms with E-state index in [0.717, 1.165) is 18.6 Å². The van der Waals surface area contributed by atoms with Gasteiger partial charge in [-0.15, -0.1) is 0 Å². The number of carbonyl (C=O) groups is 1. The van der Waals surface area contributed by atoms with Crippen LogP contribution in [0.4, 0.5) is 0 Å². The Bertz CT molecular complexity index is 374. The van der Waals surface area contributed by atoms with Gasteiger partial charge in [0.2, 0.25) is 5.91 Å². The van der Waals surface area contributed by atoms with E-state index in [0.29, 0.717) is 6.61 Å². The van der Waals surface area contributed by atoms with Gasteiger partial charge in [-0.05, 0) is 12.0 Å². The summed E-state index contributed by atoms with van der Waals surface area (Å²) in [5, 5.41) is 0. The van der Waals surface area contributed by atoms with Crippen LogP contribution in [-0.2, 0) is 9.53 Å². The highest BCUT2D eigenvalue weighted by Crippen LogP contribution is 2.17. The van der Waals surface area contributed by atoms with Gasteiger partial charge in [-0.2, -0.15) is 0 Å². The van der Waals surface area contributed by atoms with E-state index in [4.69, 9.17) is 10.5 Å². The Morgan fingerprint density at radius 3 is 2.76 bits per heavy atom. The summed E-state index contributed by atoms with van der Waals surface area (Å²) in [4.78, 5) is 13.9.